The van der Waals surface area contributed by atoms with E-state index in [-0.39, 0.29) is 29.6 Å². The number of carbonyl (C=O) groups is 1. The van der Waals surface area contributed by atoms with E-state index in [0.717, 1.165) is 12.1 Å². The van der Waals surface area contributed by atoms with E-state index in [4.69, 9.17) is 16.3 Å². The molecule has 98 valence electrons. The Bertz CT molecular complexity index is 466. The monoisotopic (exact) mass is 279 g/mol. The van der Waals surface area contributed by atoms with Gasteiger partial charge in [-0.05, 0) is 18.2 Å². The molecule has 0 radical (unpaired) electrons. The van der Waals surface area contributed by atoms with Crippen LogP contribution in [0.15, 0.2) is 18.2 Å². The molecule has 1 fully saturated rings. The summed E-state index contributed by atoms with van der Waals surface area (Å²) in [6, 6.07) is 3.04. The van der Waals surface area contributed by atoms with Gasteiger partial charge in [0.2, 0.25) is 5.91 Å². The summed E-state index contributed by atoms with van der Waals surface area (Å²) < 4.78 is 42.9. The van der Waals surface area contributed by atoms with Crippen LogP contribution in [0.4, 0.5) is 13.2 Å². The number of carbonyl (C=O) groups excluding carboxylic acids is 1. The van der Waals surface area contributed by atoms with E-state index in [1.807, 2.05) is 0 Å². The fourth-order valence-electron chi connectivity index (χ4n) is 1.66. The Labute approximate surface area is 106 Å². The molecular formula is C11H9ClF3NO2. The van der Waals surface area contributed by atoms with E-state index in [1.165, 1.54) is 6.07 Å². The molecule has 1 aromatic rings. The van der Waals surface area contributed by atoms with E-state index in [2.05, 4.69) is 5.32 Å². The van der Waals surface area contributed by atoms with Crippen molar-refractivity contribution >= 4 is 17.5 Å². The minimum Gasteiger partial charge on any atom is -0.362 e. The molecule has 3 nitrogen and oxygen atoms in total. The number of nitrogens with one attached hydrogen (secondary N) is 1. The van der Waals surface area contributed by atoms with Gasteiger partial charge in [0.15, 0.2) is 0 Å². The average molecular weight is 280 g/mol. The number of morpholine rings is 1. The van der Waals surface area contributed by atoms with Crippen LogP contribution in [0.25, 0.3) is 0 Å². The molecule has 1 aliphatic rings. The molecular weight excluding hydrogens is 271 g/mol. The molecule has 1 atom stereocenters. The highest BCUT2D eigenvalue weighted by Gasteiger charge is 2.32. The topological polar surface area (TPSA) is 38.3 Å². The molecule has 1 aromatic carbocycles. The Hall–Kier alpha value is -1.27. The third-order valence-corrected chi connectivity index (χ3v) is 2.91. The van der Waals surface area contributed by atoms with Crippen LogP contribution >= 0.6 is 11.6 Å². The average Bonchev–Trinajstić information content (AvgIpc) is 2.29. The van der Waals surface area contributed by atoms with Crippen LogP contribution in [0.2, 0.25) is 5.02 Å². The molecule has 0 aliphatic carbocycles. The van der Waals surface area contributed by atoms with E-state index >= 15 is 0 Å². The third kappa shape index (κ3) is 2.76. The molecule has 0 unspecified atom stereocenters. The van der Waals surface area contributed by atoms with Crippen LogP contribution in [0, 0.1) is 0 Å². The van der Waals surface area contributed by atoms with Crippen molar-refractivity contribution in [2.45, 2.75) is 12.3 Å². The minimum absolute atomic E-state index is 0.111. The van der Waals surface area contributed by atoms with E-state index < -0.39 is 17.8 Å². The summed E-state index contributed by atoms with van der Waals surface area (Å²) in [6.07, 6.45) is -5.09. The Morgan fingerprint density at radius 1 is 1.39 bits per heavy atom. The zero-order chi connectivity index (χ0) is 13.3. The van der Waals surface area contributed by atoms with Crippen molar-refractivity contribution in [3.8, 4) is 0 Å². The van der Waals surface area contributed by atoms with Gasteiger partial charge in [-0.3, -0.25) is 4.79 Å². The number of hydrogen-bond donors (Lipinski definition) is 1. The standard InChI is InChI=1S/C11H9ClF3NO2/c12-8-2-1-6(11(13,14)15)3-7(8)9-4-16-10(17)5-18-9/h1-3,9H,4-5H2,(H,16,17)/t9-/m0/s1. The van der Waals surface area contributed by atoms with Crippen LogP contribution in [0.3, 0.4) is 0 Å². The third-order valence-electron chi connectivity index (χ3n) is 2.57. The van der Waals surface area contributed by atoms with Gasteiger partial charge >= 0.3 is 6.18 Å². The molecule has 1 N–H and O–H groups in total. The first-order valence-corrected chi connectivity index (χ1v) is 5.50. The number of alkyl halides is 3. The Morgan fingerprint density at radius 2 is 2.11 bits per heavy atom. The van der Waals surface area contributed by atoms with Crippen LogP contribution in [0.1, 0.15) is 17.2 Å². The van der Waals surface area contributed by atoms with Gasteiger partial charge in [0.1, 0.15) is 12.7 Å². The Morgan fingerprint density at radius 3 is 2.67 bits per heavy atom. The summed E-state index contributed by atoms with van der Waals surface area (Å²) in [5, 5.41) is 2.70. The van der Waals surface area contributed by atoms with Crippen molar-refractivity contribution in [1.82, 2.24) is 5.32 Å². The molecule has 1 saturated heterocycles. The zero-order valence-corrected chi connectivity index (χ0v) is 9.81. The largest absolute Gasteiger partial charge is 0.416 e. The predicted molar refractivity (Wildman–Crippen MR) is 58.2 cm³/mol. The van der Waals surface area contributed by atoms with Crippen LogP contribution in [0.5, 0.6) is 0 Å². The van der Waals surface area contributed by atoms with Crippen molar-refractivity contribution in [3.05, 3.63) is 34.3 Å². The molecule has 1 heterocycles. The molecule has 0 bridgehead atoms. The highest BCUT2D eigenvalue weighted by molar-refractivity contribution is 6.31. The number of benzene rings is 1. The summed E-state index contributed by atoms with van der Waals surface area (Å²) in [6.45, 7) is -0.0723. The zero-order valence-electron chi connectivity index (χ0n) is 9.05. The SMILES string of the molecule is O=C1CO[C@H](c2cc(C(F)(F)F)ccc2Cl)CN1. The van der Waals surface area contributed by atoms with Gasteiger partial charge in [0.25, 0.3) is 0 Å². The van der Waals surface area contributed by atoms with Crippen LogP contribution in [-0.4, -0.2) is 19.1 Å². The van der Waals surface area contributed by atoms with Crippen molar-refractivity contribution in [2.75, 3.05) is 13.2 Å². The maximum atomic E-state index is 12.6. The van der Waals surface area contributed by atoms with Crippen LogP contribution < -0.4 is 5.32 Å². The van der Waals surface area contributed by atoms with Gasteiger partial charge in [0.05, 0.1) is 5.56 Å². The number of hydrogen-bond acceptors (Lipinski definition) is 2. The van der Waals surface area contributed by atoms with Gasteiger partial charge in [0, 0.05) is 17.1 Å². The maximum Gasteiger partial charge on any atom is 0.416 e. The molecule has 0 saturated carbocycles. The predicted octanol–water partition coefficient (Wildman–Crippen LogP) is 2.55. The first-order chi connectivity index (χ1) is 8.38. The van der Waals surface area contributed by atoms with E-state index in [1.54, 1.807) is 0 Å². The van der Waals surface area contributed by atoms with Gasteiger partial charge in [-0.2, -0.15) is 13.2 Å². The summed E-state index contributed by atoms with van der Waals surface area (Å²) in [5.41, 5.74) is -0.561. The molecule has 1 amide bonds. The lowest BCUT2D eigenvalue weighted by atomic mass is 10.0. The fraction of sp³-hybridized carbons (Fsp3) is 0.364. The van der Waals surface area contributed by atoms with Gasteiger partial charge < -0.3 is 10.1 Å². The van der Waals surface area contributed by atoms with Crippen LogP contribution in [-0.2, 0) is 15.7 Å². The second kappa shape index (κ2) is 4.78. The molecule has 2 rings (SSSR count). The van der Waals surface area contributed by atoms with Crippen molar-refractivity contribution in [3.63, 3.8) is 0 Å². The van der Waals surface area contributed by atoms with Crippen molar-refractivity contribution in [1.29, 1.82) is 0 Å². The minimum atomic E-state index is -4.43. The first kappa shape index (κ1) is 13.2. The Kier molecular flexibility index (Phi) is 3.49. The number of ether oxygens (including phenoxy) is 1. The number of halogens is 4. The maximum absolute atomic E-state index is 12.6. The summed E-state index contributed by atoms with van der Waals surface area (Å²) in [7, 11) is 0. The van der Waals surface area contributed by atoms with Gasteiger partial charge in [-0.1, -0.05) is 11.6 Å². The lowest BCUT2D eigenvalue weighted by Gasteiger charge is -2.24. The highest BCUT2D eigenvalue weighted by atomic mass is 35.5. The Balaban J connectivity index is 2.29. The molecule has 0 spiro atoms. The lowest BCUT2D eigenvalue weighted by molar-refractivity contribution is -0.138. The quantitative estimate of drug-likeness (QED) is 0.858. The van der Waals surface area contributed by atoms with Gasteiger partial charge in [-0.15, -0.1) is 0 Å². The summed E-state index contributed by atoms with van der Waals surface area (Å²) in [5.74, 6) is -0.297. The first-order valence-electron chi connectivity index (χ1n) is 5.13. The smallest absolute Gasteiger partial charge is 0.362 e. The summed E-state index contributed by atoms with van der Waals surface area (Å²) in [4.78, 5) is 10.9. The number of amides is 1. The second-order valence-electron chi connectivity index (χ2n) is 3.84. The number of rotatable bonds is 1. The molecule has 1 aliphatic heterocycles. The molecule has 7 heteroatoms. The highest BCUT2D eigenvalue weighted by Crippen LogP contribution is 2.34. The van der Waals surface area contributed by atoms with Crippen molar-refractivity contribution < 1.29 is 22.7 Å². The van der Waals surface area contributed by atoms with E-state index in [0.29, 0.717) is 0 Å². The second-order valence-corrected chi connectivity index (χ2v) is 4.24. The van der Waals surface area contributed by atoms with E-state index in [9.17, 15) is 18.0 Å². The normalized spacial score (nSPS) is 20.7. The summed E-state index contributed by atoms with van der Waals surface area (Å²) >= 11 is 5.86. The molecule has 0 aromatic heterocycles. The van der Waals surface area contributed by atoms with Crippen molar-refractivity contribution in [2.24, 2.45) is 0 Å². The lowest BCUT2D eigenvalue weighted by Crippen LogP contribution is -2.38. The fourth-order valence-corrected chi connectivity index (χ4v) is 1.90. The van der Waals surface area contributed by atoms with Gasteiger partial charge in [-0.25, -0.2) is 0 Å². The molecule has 18 heavy (non-hydrogen) atoms.